The van der Waals surface area contributed by atoms with Gasteiger partial charge in [0.15, 0.2) is 0 Å². The van der Waals surface area contributed by atoms with Gasteiger partial charge in [0.25, 0.3) is 5.91 Å². The third-order valence-electron chi connectivity index (χ3n) is 4.95. The average Bonchev–Trinajstić information content (AvgIpc) is 3.05. The number of H-pyrrole nitrogens is 1. The summed E-state index contributed by atoms with van der Waals surface area (Å²) >= 11 is 0. The molecule has 2 N–H and O–H groups in total. The van der Waals surface area contributed by atoms with Gasteiger partial charge in [-0.25, -0.2) is 8.42 Å². The highest BCUT2D eigenvalue weighted by atomic mass is 32.2. The number of benzene rings is 2. The molecule has 0 bridgehead atoms. The summed E-state index contributed by atoms with van der Waals surface area (Å²) in [6.07, 6.45) is 0. The average molecular weight is 430 g/mol. The molecule has 0 aliphatic heterocycles. The summed E-state index contributed by atoms with van der Waals surface area (Å²) in [5, 5.41) is 3.65. The predicted molar refractivity (Wildman–Crippen MR) is 119 cm³/mol. The van der Waals surface area contributed by atoms with Gasteiger partial charge in [-0.15, -0.1) is 0 Å². The number of sulfonamides is 1. The molecule has 0 radical (unpaired) electrons. The summed E-state index contributed by atoms with van der Waals surface area (Å²) in [5.74, 6) is -0.0361. The number of aromatic amines is 1. The van der Waals surface area contributed by atoms with Crippen LogP contribution in [0.4, 0.5) is 5.69 Å². The van der Waals surface area contributed by atoms with Crippen molar-refractivity contribution in [1.82, 2.24) is 9.29 Å². The van der Waals surface area contributed by atoms with Gasteiger partial charge in [0.1, 0.15) is 10.6 Å². The molecule has 8 heteroatoms. The van der Waals surface area contributed by atoms with Gasteiger partial charge in [0, 0.05) is 35.4 Å². The van der Waals surface area contributed by atoms with Crippen molar-refractivity contribution in [2.45, 2.75) is 32.6 Å². The summed E-state index contributed by atoms with van der Waals surface area (Å²) in [6, 6.07) is 12.2. The maximum atomic E-state index is 13.1. The van der Waals surface area contributed by atoms with Gasteiger partial charge in [0.05, 0.1) is 12.2 Å². The van der Waals surface area contributed by atoms with Crippen LogP contribution in [-0.4, -0.2) is 43.3 Å². The van der Waals surface area contributed by atoms with Crippen LogP contribution in [0.3, 0.4) is 0 Å². The highest BCUT2D eigenvalue weighted by molar-refractivity contribution is 7.89. The second-order valence-corrected chi connectivity index (χ2v) is 8.71. The van der Waals surface area contributed by atoms with Crippen molar-refractivity contribution in [1.29, 1.82) is 0 Å². The van der Waals surface area contributed by atoms with Crippen LogP contribution in [0.15, 0.2) is 47.4 Å². The Balaban J connectivity index is 2.01. The Kier molecular flexibility index (Phi) is 6.48. The molecular weight excluding hydrogens is 402 g/mol. The predicted octanol–water partition coefficient (Wildman–Crippen LogP) is 4.16. The maximum absolute atomic E-state index is 13.1. The Morgan fingerprint density at radius 1 is 1.10 bits per heavy atom. The fourth-order valence-electron chi connectivity index (χ4n) is 3.53. The third-order valence-corrected chi connectivity index (χ3v) is 7.02. The van der Waals surface area contributed by atoms with E-state index in [-0.39, 0.29) is 16.6 Å². The van der Waals surface area contributed by atoms with E-state index < -0.39 is 10.0 Å². The van der Waals surface area contributed by atoms with Crippen molar-refractivity contribution in [3.63, 3.8) is 0 Å². The van der Waals surface area contributed by atoms with Crippen molar-refractivity contribution < 1.29 is 17.9 Å². The number of aryl methyl sites for hydroxylation is 1. The van der Waals surface area contributed by atoms with Gasteiger partial charge in [-0.05, 0) is 38.1 Å². The summed E-state index contributed by atoms with van der Waals surface area (Å²) < 4.78 is 33.1. The minimum atomic E-state index is -3.76. The lowest BCUT2D eigenvalue weighted by Crippen LogP contribution is -2.31. The first-order valence-corrected chi connectivity index (χ1v) is 11.4. The quantitative estimate of drug-likeness (QED) is 0.562. The van der Waals surface area contributed by atoms with E-state index in [4.69, 9.17) is 4.74 Å². The van der Waals surface area contributed by atoms with Gasteiger partial charge in [0.2, 0.25) is 10.0 Å². The molecule has 2 aromatic carbocycles. The minimum Gasteiger partial charge on any atom is -0.492 e. The monoisotopic (exact) mass is 429 g/mol. The van der Waals surface area contributed by atoms with Crippen molar-refractivity contribution in [3.05, 3.63) is 53.7 Å². The lowest BCUT2D eigenvalue weighted by Gasteiger charge is -2.21. The fourth-order valence-corrected chi connectivity index (χ4v) is 5.14. The molecule has 1 amide bonds. The number of hydrogen-bond acceptors (Lipinski definition) is 4. The molecule has 3 rings (SSSR count). The van der Waals surface area contributed by atoms with E-state index >= 15 is 0 Å². The van der Waals surface area contributed by atoms with Crippen LogP contribution in [0.1, 0.15) is 36.8 Å². The molecule has 30 heavy (non-hydrogen) atoms. The number of anilines is 1. The Bertz CT molecular complexity index is 1160. The van der Waals surface area contributed by atoms with Crippen LogP contribution in [0, 0.1) is 6.92 Å². The first-order valence-electron chi connectivity index (χ1n) is 9.99. The third kappa shape index (κ3) is 4.06. The molecule has 0 aliphatic carbocycles. The normalized spacial score (nSPS) is 11.8. The highest BCUT2D eigenvalue weighted by Crippen LogP contribution is 2.31. The molecule has 1 heterocycles. The van der Waals surface area contributed by atoms with E-state index in [1.807, 2.05) is 31.2 Å². The Morgan fingerprint density at radius 3 is 2.47 bits per heavy atom. The van der Waals surface area contributed by atoms with Crippen LogP contribution in [0.2, 0.25) is 0 Å². The lowest BCUT2D eigenvalue weighted by molar-refractivity contribution is 0.102. The van der Waals surface area contributed by atoms with Crippen molar-refractivity contribution in [2.75, 3.05) is 25.0 Å². The number of para-hydroxylation sites is 1. The summed E-state index contributed by atoms with van der Waals surface area (Å²) in [6.45, 7) is 8.22. The fraction of sp³-hybridized carbons (Fsp3) is 0.318. The first kappa shape index (κ1) is 21.9. The molecule has 3 aromatic rings. The molecule has 7 nitrogen and oxygen atoms in total. The number of aromatic nitrogens is 1. The van der Waals surface area contributed by atoms with E-state index in [9.17, 15) is 13.2 Å². The second kappa shape index (κ2) is 8.89. The molecule has 0 fully saturated rings. The minimum absolute atomic E-state index is 0.0431. The Morgan fingerprint density at radius 2 is 1.80 bits per heavy atom. The van der Waals surface area contributed by atoms with E-state index in [0.29, 0.717) is 30.9 Å². The highest BCUT2D eigenvalue weighted by Gasteiger charge is 2.26. The van der Waals surface area contributed by atoms with Crippen molar-refractivity contribution in [3.8, 4) is 5.75 Å². The Labute approximate surface area is 177 Å². The Hall–Kier alpha value is -2.84. The zero-order chi connectivity index (χ0) is 21.9. The molecule has 0 saturated heterocycles. The number of rotatable bonds is 8. The second-order valence-electron chi connectivity index (χ2n) is 6.81. The molecule has 0 saturated carbocycles. The van der Waals surface area contributed by atoms with Crippen LogP contribution >= 0.6 is 0 Å². The molecular formula is C22H27N3O4S. The number of nitrogens with zero attached hydrogens (tertiary/aromatic N) is 1. The number of fused-ring (bicyclic) bond motifs is 1. The van der Waals surface area contributed by atoms with Gasteiger partial charge < -0.3 is 15.0 Å². The van der Waals surface area contributed by atoms with Crippen LogP contribution in [0.25, 0.3) is 10.9 Å². The van der Waals surface area contributed by atoms with Crippen molar-refractivity contribution >= 4 is 32.5 Å². The number of nitrogens with one attached hydrogen (secondary N) is 2. The van der Waals surface area contributed by atoms with Crippen LogP contribution < -0.4 is 10.1 Å². The molecule has 0 atom stereocenters. The van der Waals surface area contributed by atoms with E-state index in [2.05, 4.69) is 10.3 Å². The number of ether oxygens (including phenoxy) is 1. The summed E-state index contributed by atoms with van der Waals surface area (Å²) in [4.78, 5) is 16.3. The smallest absolute Gasteiger partial charge is 0.258 e. The zero-order valence-corrected chi connectivity index (χ0v) is 18.5. The zero-order valence-electron chi connectivity index (χ0n) is 17.7. The SMILES string of the molecule is CCOc1ccc(NC(=O)c2c(C)[nH]c3ccccc23)cc1S(=O)(=O)N(CC)CC. The van der Waals surface area contributed by atoms with E-state index in [1.165, 1.54) is 10.4 Å². The largest absolute Gasteiger partial charge is 0.492 e. The molecule has 0 unspecified atom stereocenters. The topological polar surface area (TPSA) is 91.5 Å². The maximum Gasteiger partial charge on any atom is 0.258 e. The standard InChI is InChI=1S/C22H27N3O4S/c1-5-25(6-2)30(27,28)20-14-16(12-13-19(20)29-7-3)24-22(26)21-15(4)23-18-11-9-8-10-17(18)21/h8-14,23H,5-7H2,1-4H3,(H,24,26). The van der Waals surface area contributed by atoms with Crippen LogP contribution in [-0.2, 0) is 10.0 Å². The summed E-state index contributed by atoms with van der Waals surface area (Å²) in [7, 11) is -3.76. The lowest BCUT2D eigenvalue weighted by atomic mass is 10.1. The van der Waals surface area contributed by atoms with E-state index in [0.717, 1.165) is 16.6 Å². The van der Waals surface area contributed by atoms with Gasteiger partial charge in [-0.1, -0.05) is 32.0 Å². The van der Waals surface area contributed by atoms with E-state index in [1.54, 1.807) is 32.9 Å². The summed E-state index contributed by atoms with van der Waals surface area (Å²) in [5.41, 5.74) is 2.54. The van der Waals surface area contributed by atoms with Gasteiger partial charge in [-0.2, -0.15) is 4.31 Å². The van der Waals surface area contributed by atoms with Gasteiger partial charge in [-0.3, -0.25) is 4.79 Å². The molecule has 0 aliphatic rings. The van der Waals surface area contributed by atoms with Crippen molar-refractivity contribution in [2.24, 2.45) is 0 Å². The molecule has 160 valence electrons. The van der Waals surface area contributed by atoms with Crippen LogP contribution in [0.5, 0.6) is 5.75 Å². The molecule has 0 spiro atoms. The number of carbonyl (C=O) groups is 1. The van der Waals surface area contributed by atoms with Gasteiger partial charge >= 0.3 is 0 Å². The number of carbonyl (C=O) groups excluding carboxylic acids is 1. The number of amides is 1. The first-order chi connectivity index (χ1) is 14.3. The molecule has 1 aromatic heterocycles. The number of hydrogen-bond donors (Lipinski definition) is 2.